The molecule has 0 atom stereocenters. The molecule has 0 aliphatic heterocycles. The van der Waals surface area contributed by atoms with E-state index in [1.165, 1.54) is 42.1 Å². The van der Waals surface area contributed by atoms with Gasteiger partial charge in [0, 0.05) is 47.6 Å². The first kappa shape index (κ1) is 27.9. The third-order valence-corrected chi connectivity index (χ3v) is 10.8. The highest BCUT2D eigenvalue weighted by Gasteiger charge is 2.21. The van der Waals surface area contributed by atoms with Gasteiger partial charge in [0.1, 0.15) is 11.2 Å². The maximum absolute atomic E-state index is 6.33. The topological polar surface area (TPSA) is 16.4 Å². The Hall–Kier alpha value is -6.16. The molecule has 10 aromatic rings. The third kappa shape index (κ3) is 4.55. The molecule has 0 bridgehead atoms. The van der Waals surface area contributed by atoms with Crippen LogP contribution >= 0.6 is 11.3 Å². The lowest BCUT2D eigenvalue weighted by Crippen LogP contribution is -2.11. The normalized spacial score (nSPS) is 11.7. The van der Waals surface area contributed by atoms with Gasteiger partial charge in [-0.05, 0) is 76.7 Å². The van der Waals surface area contributed by atoms with Crippen LogP contribution in [-0.4, -0.2) is 0 Å². The predicted octanol–water partition coefficient (Wildman–Crippen LogP) is 13.9. The van der Waals surface area contributed by atoms with Crippen LogP contribution in [0.3, 0.4) is 0 Å². The highest BCUT2D eigenvalue weighted by Crippen LogP contribution is 2.46. The molecule has 0 N–H and O–H groups in total. The maximum atomic E-state index is 6.33. The molecule has 230 valence electrons. The molecule has 0 spiro atoms. The Morgan fingerprint density at radius 3 is 1.96 bits per heavy atom. The Kier molecular flexibility index (Phi) is 6.39. The molecule has 0 unspecified atom stereocenters. The van der Waals surface area contributed by atoms with E-state index in [-0.39, 0.29) is 0 Å². The summed E-state index contributed by atoms with van der Waals surface area (Å²) in [6.07, 6.45) is 0. The van der Waals surface area contributed by atoms with Crippen molar-refractivity contribution in [2.24, 2.45) is 0 Å². The molecule has 0 fully saturated rings. The fraction of sp³-hybridized carbons (Fsp3) is 0. The van der Waals surface area contributed by atoms with Gasteiger partial charge >= 0.3 is 0 Å². The first-order valence-electron chi connectivity index (χ1n) is 16.6. The van der Waals surface area contributed by atoms with E-state index >= 15 is 0 Å². The molecule has 0 saturated carbocycles. The van der Waals surface area contributed by atoms with Crippen molar-refractivity contribution >= 4 is 81.3 Å². The molecule has 8 aromatic carbocycles. The fourth-order valence-corrected chi connectivity index (χ4v) is 8.50. The van der Waals surface area contributed by atoms with Crippen molar-refractivity contribution in [3.8, 4) is 22.3 Å². The van der Waals surface area contributed by atoms with Crippen LogP contribution in [0.25, 0.3) is 75.1 Å². The molecule has 49 heavy (non-hydrogen) atoms. The number of hydrogen-bond acceptors (Lipinski definition) is 3. The molecule has 2 nitrogen and oxygen atoms in total. The lowest BCUT2D eigenvalue weighted by molar-refractivity contribution is 0.669. The first-order chi connectivity index (χ1) is 24.3. The van der Waals surface area contributed by atoms with E-state index in [2.05, 4.69) is 169 Å². The summed E-state index contributed by atoms with van der Waals surface area (Å²) in [7, 11) is 0. The molecule has 3 heteroatoms. The molecule has 2 aromatic heterocycles. The van der Waals surface area contributed by atoms with Crippen LogP contribution in [0.4, 0.5) is 17.1 Å². The molecule has 0 amide bonds. The van der Waals surface area contributed by atoms with Gasteiger partial charge in [-0.15, -0.1) is 11.3 Å². The summed E-state index contributed by atoms with van der Waals surface area (Å²) in [5.41, 5.74) is 9.84. The number of thiophene rings is 1. The Morgan fingerprint density at radius 1 is 0.408 bits per heavy atom. The summed E-state index contributed by atoms with van der Waals surface area (Å²) in [5, 5.41) is 7.30. The number of rotatable bonds is 5. The van der Waals surface area contributed by atoms with Crippen molar-refractivity contribution in [1.29, 1.82) is 0 Å². The second kappa shape index (κ2) is 11.2. The number of fused-ring (bicyclic) bond motifs is 7. The Bertz CT molecular complexity index is 2840. The second-order valence-electron chi connectivity index (χ2n) is 12.5. The molecule has 0 aliphatic rings. The monoisotopic (exact) mass is 643 g/mol. The summed E-state index contributed by atoms with van der Waals surface area (Å²) in [5.74, 6) is 0. The van der Waals surface area contributed by atoms with E-state index in [0.29, 0.717) is 0 Å². The highest BCUT2D eigenvalue weighted by atomic mass is 32.1. The zero-order valence-corrected chi connectivity index (χ0v) is 27.3. The summed E-state index contributed by atoms with van der Waals surface area (Å²) in [6.45, 7) is 0. The standard InChI is InChI=1S/C46H29NOS/c1-2-13-34-31(11-1)12-9-19-40(34)47(33-26-23-30(24-27-33)32-25-28-45-39(29-32)36-15-5-8-22-44(36)49-45)41-18-6-3-14-35(41)37-17-10-21-43-46(37)38-16-4-7-20-42(38)48-43/h1-29H. The van der Waals surface area contributed by atoms with Crippen LogP contribution in [0, 0.1) is 0 Å². The Balaban J connectivity index is 1.17. The van der Waals surface area contributed by atoms with E-state index < -0.39 is 0 Å². The smallest absolute Gasteiger partial charge is 0.136 e. The fourth-order valence-electron chi connectivity index (χ4n) is 7.42. The van der Waals surface area contributed by atoms with Crippen LogP contribution in [0.1, 0.15) is 0 Å². The number of benzene rings is 8. The molecule has 0 radical (unpaired) electrons. The van der Waals surface area contributed by atoms with Gasteiger partial charge in [0.25, 0.3) is 0 Å². The lowest BCUT2D eigenvalue weighted by atomic mass is 9.96. The number of furan rings is 1. The molecule has 2 heterocycles. The minimum atomic E-state index is 0.893. The van der Waals surface area contributed by atoms with E-state index in [1.54, 1.807) is 0 Å². The molecule has 0 aliphatic carbocycles. The Labute approximate surface area is 287 Å². The predicted molar refractivity (Wildman–Crippen MR) is 210 cm³/mol. The molecule has 0 saturated heterocycles. The van der Waals surface area contributed by atoms with Gasteiger partial charge in [-0.25, -0.2) is 0 Å². The number of anilines is 3. The first-order valence-corrected chi connectivity index (χ1v) is 17.4. The largest absolute Gasteiger partial charge is 0.456 e. The zero-order chi connectivity index (χ0) is 32.3. The van der Waals surface area contributed by atoms with Crippen LogP contribution in [-0.2, 0) is 0 Å². The Morgan fingerprint density at radius 2 is 1.04 bits per heavy atom. The van der Waals surface area contributed by atoms with Crippen molar-refractivity contribution in [2.45, 2.75) is 0 Å². The minimum Gasteiger partial charge on any atom is -0.456 e. The molecular weight excluding hydrogens is 615 g/mol. The summed E-state index contributed by atoms with van der Waals surface area (Å²) >= 11 is 1.86. The minimum absolute atomic E-state index is 0.893. The van der Waals surface area contributed by atoms with E-state index in [0.717, 1.165) is 50.1 Å². The zero-order valence-electron chi connectivity index (χ0n) is 26.5. The van der Waals surface area contributed by atoms with Gasteiger partial charge in [-0.2, -0.15) is 0 Å². The van der Waals surface area contributed by atoms with Gasteiger partial charge < -0.3 is 9.32 Å². The van der Waals surface area contributed by atoms with Crippen LogP contribution < -0.4 is 4.90 Å². The second-order valence-corrected chi connectivity index (χ2v) is 13.6. The number of hydrogen-bond donors (Lipinski definition) is 0. The molecular formula is C46H29NOS. The van der Waals surface area contributed by atoms with Crippen molar-refractivity contribution in [1.82, 2.24) is 0 Å². The summed E-state index contributed by atoms with van der Waals surface area (Å²) in [6, 6.07) is 63.3. The van der Waals surface area contributed by atoms with Gasteiger partial charge in [-0.3, -0.25) is 0 Å². The van der Waals surface area contributed by atoms with E-state index in [4.69, 9.17) is 4.42 Å². The van der Waals surface area contributed by atoms with Crippen molar-refractivity contribution in [3.05, 3.63) is 176 Å². The van der Waals surface area contributed by atoms with Crippen molar-refractivity contribution < 1.29 is 4.42 Å². The van der Waals surface area contributed by atoms with Crippen molar-refractivity contribution in [2.75, 3.05) is 4.90 Å². The lowest BCUT2D eigenvalue weighted by Gasteiger charge is -2.29. The average molecular weight is 644 g/mol. The SMILES string of the molecule is c1ccc(N(c2ccc(-c3ccc4sc5ccccc5c4c3)cc2)c2cccc3ccccc23)c(-c2cccc3oc4ccccc4c23)c1. The summed E-state index contributed by atoms with van der Waals surface area (Å²) in [4.78, 5) is 2.41. The number of para-hydroxylation sites is 2. The van der Waals surface area contributed by atoms with Crippen LogP contribution in [0.5, 0.6) is 0 Å². The number of nitrogens with zero attached hydrogens (tertiary/aromatic N) is 1. The molecule has 10 rings (SSSR count). The van der Waals surface area contributed by atoms with E-state index in [1.807, 2.05) is 23.5 Å². The summed E-state index contributed by atoms with van der Waals surface area (Å²) < 4.78 is 8.98. The van der Waals surface area contributed by atoms with Gasteiger partial charge in [-0.1, -0.05) is 121 Å². The average Bonchev–Trinajstić information content (AvgIpc) is 3.74. The van der Waals surface area contributed by atoms with Crippen LogP contribution in [0.2, 0.25) is 0 Å². The van der Waals surface area contributed by atoms with Crippen molar-refractivity contribution in [3.63, 3.8) is 0 Å². The maximum Gasteiger partial charge on any atom is 0.136 e. The van der Waals surface area contributed by atoms with Gasteiger partial charge in [0.05, 0.1) is 11.4 Å². The van der Waals surface area contributed by atoms with Gasteiger partial charge in [0.15, 0.2) is 0 Å². The van der Waals surface area contributed by atoms with E-state index in [9.17, 15) is 0 Å². The third-order valence-electron chi connectivity index (χ3n) is 9.68. The highest BCUT2D eigenvalue weighted by molar-refractivity contribution is 7.25. The van der Waals surface area contributed by atoms with Crippen LogP contribution in [0.15, 0.2) is 180 Å². The quantitative estimate of drug-likeness (QED) is 0.186. The van der Waals surface area contributed by atoms with Gasteiger partial charge in [0.2, 0.25) is 0 Å².